The summed E-state index contributed by atoms with van der Waals surface area (Å²) in [4.78, 5) is 32.7. The third-order valence-electron chi connectivity index (χ3n) is 5.59. The highest BCUT2D eigenvalue weighted by molar-refractivity contribution is 8.15. The molecule has 1 fully saturated rings. The topological polar surface area (TPSA) is 61.8 Å². The molecular formula is C27H26ClN3O2S. The van der Waals surface area contributed by atoms with E-state index in [0.717, 1.165) is 22.4 Å². The fourth-order valence-electron chi connectivity index (χ4n) is 3.74. The summed E-state index contributed by atoms with van der Waals surface area (Å²) in [5.41, 5.74) is 4.69. The van der Waals surface area contributed by atoms with E-state index in [1.807, 2.05) is 62.4 Å². The number of aliphatic imine (C=N–C) groups is 1. The van der Waals surface area contributed by atoms with E-state index in [1.165, 1.54) is 11.8 Å². The van der Waals surface area contributed by atoms with Crippen molar-refractivity contribution in [3.8, 4) is 0 Å². The maximum atomic E-state index is 13.2. The van der Waals surface area contributed by atoms with Gasteiger partial charge >= 0.3 is 0 Å². The Kier molecular flexibility index (Phi) is 7.70. The standard InChI is InChI=1S/C27H26ClN3O2S/c1-18-8-13-23(19(2)16-18)30-26(33)24-17-25(32)31(15-14-20-6-4-3-5-7-20)27(34-24)29-22-11-9-21(28)10-12-22/h3-13,16,24H,14-15,17H2,1-2H3,(H,30,33). The third-order valence-corrected chi connectivity index (χ3v) is 7.03. The van der Waals surface area contributed by atoms with Gasteiger partial charge in [-0.3, -0.25) is 14.5 Å². The van der Waals surface area contributed by atoms with Crippen LogP contribution in [0.4, 0.5) is 11.4 Å². The molecule has 0 radical (unpaired) electrons. The van der Waals surface area contributed by atoms with Crippen LogP contribution in [0.25, 0.3) is 0 Å². The lowest BCUT2D eigenvalue weighted by Crippen LogP contribution is -2.46. The fraction of sp³-hybridized carbons (Fsp3) is 0.222. The molecule has 0 aromatic heterocycles. The van der Waals surface area contributed by atoms with E-state index in [9.17, 15) is 9.59 Å². The number of carbonyl (C=O) groups is 2. The number of hydrogen-bond acceptors (Lipinski definition) is 4. The quantitative estimate of drug-likeness (QED) is 0.449. The molecule has 3 aromatic carbocycles. The molecule has 7 heteroatoms. The van der Waals surface area contributed by atoms with Gasteiger partial charge in [-0.15, -0.1) is 0 Å². The summed E-state index contributed by atoms with van der Waals surface area (Å²) >= 11 is 7.34. The monoisotopic (exact) mass is 491 g/mol. The summed E-state index contributed by atoms with van der Waals surface area (Å²) in [6, 6.07) is 23.0. The number of nitrogens with zero attached hydrogens (tertiary/aromatic N) is 2. The lowest BCUT2D eigenvalue weighted by atomic mass is 10.1. The number of carbonyl (C=O) groups excluding carboxylic acids is 2. The van der Waals surface area contributed by atoms with Gasteiger partial charge in [0.15, 0.2) is 5.17 Å². The molecule has 1 N–H and O–H groups in total. The zero-order valence-corrected chi connectivity index (χ0v) is 20.7. The summed E-state index contributed by atoms with van der Waals surface area (Å²) in [5, 5.41) is 3.56. The lowest BCUT2D eigenvalue weighted by Gasteiger charge is -2.32. The van der Waals surface area contributed by atoms with Crippen LogP contribution in [-0.2, 0) is 16.0 Å². The zero-order chi connectivity index (χ0) is 24.1. The number of halogens is 1. The first kappa shape index (κ1) is 24.0. The van der Waals surface area contributed by atoms with Crippen LogP contribution in [0.2, 0.25) is 5.02 Å². The van der Waals surface area contributed by atoms with E-state index in [2.05, 4.69) is 5.32 Å². The van der Waals surface area contributed by atoms with Crippen LogP contribution in [0.1, 0.15) is 23.1 Å². The van der Waals surface area contributed by atoms with Crippen LogP contribution >= 0.6 is 23.4 Å². The first-order valence-corrected chi connectivity index (χ1v) is 12.4. The number of amidine groups is 1. The fourth-order valence-corrected chi connectivity index (χ4v) is 4.99. The molecule has 1 aliphatic heterocycles. The first-order chi connectivity index (χ1) is 16.4. The van der Waals surface area contributed by atoms with Crippen molar-refractivity contribution in [3.05, 3.63) is 94.5 Å². The predicted molar refractivity (Wildman–Crippen MR) is 141 cm³/mol. The Hall–Kier alpha value is -3.09. The highest BCUT2D eigenvalue weighted by Gasteiger charge is 2.36. The summed E-state index contributed by atoms with van der Waals surface area (Å²) in [6.07, 6.45) is 0.821. The van der Waals surface area contributed by atoms with Crippen molar-refractivity contribution < 1.29 is 9.59 Å². The van der Waals surface area contributed by atoms with Crippen molar-refractivity contribution in [2.75, 3.05) is 11.9 Å². The van der Waals surface area contributed by atoms with Crippen LogP contribution in [0.3, 0.4) is 0 Å². The minimum absolute atomic E-state index is 0.108. The number of amides is 2. The van der Waals surface area contributed by atoms with Crippen LogP contribution in [0.5, 0.6) is 0 Å². The minimum atomic E-state index is -0.563. The summed E-state index contributed by atoms with van der Waals surface area (Å²) in [6.45, 7) is 4.46. The summed E-state index contributed by atoms with van der Waals surface area (Å²) in [5.74, 6) is -0.306. The third kappa shape index (κ3) is 6.07. The second-order valence-corrected chi connectivity index (χ2v) is 9.88. The Bertz CT molecular complexity index is 1210. The molecule has 0 saturated carbocycles. The molecule has 0 aliphatic carbocycles. The van der Waals surface area contributed by atoms with Gasteiger partial charge in [0, 0.05) is 23.7 Å². The Balaban J connectivity index is 1.56. The molecule has 2 amide bonds. The van der Waals surface area contributed by atoms with Crippen LogP contribution in [0, 0.1) is 13.8 Å². The smallest absolute Gasteiger partial charge is 0.238 e. The van der Waals surface area contributed by atoms with E-state index >= 15 is 0 Å². The van der Waals surface area contributed by atoms with E-state index in [-0.39, 0.29) is 18.2 Å². The number of anilines is 1. The molecule has 1 atom stereocenters. The molecule has 1 saturated heterocycles. The largest absolute Gasteiger partial charge is 0.325 e. The van der Waals surface area contributed by atoms with Crippen molar-refractivity contribution in [2.45, 2.75) is 31.9 Å². The molecule has 1 unspecified atom stereocenters. The molecule has 0 bridgehead atoms. The second-order valence-electron chi connectivity index (χ2n) is 8.27. The van der Waals surface area contributed by atoms with Crippen molar-refractivity contribution in [1.82, 2.24) is 4.90 Å². The van der Waals surface area contributed by atoms with Crippen molar-refractivity contribution in [1.29, 1.82) is 0 Å². The van der Waals surface area contributed by atoms with E-state index < -0.39 is 5.25 Å². The Morgan fingerprint density at radius 1 is 1.09 bits per heavy atom. The van der Waals surface area contributed by atoms with Gasteiger partial charge in [0.25, 0.3) is 0 Å². The number of benzene rings is 3. The van der Waals surface area contributed by atoms with Gasteiger partial charge in [-0.25, -0.2) is 4.99 Å². The first-order valence-electron chi connectivity index (χ1n) is 11.1. The summed E-state index contributed by atoms with van der Waals surface area (Å²) in [7, 11) is 0. The van der Waals surface area contributed by atoms with Gasteiger partial charge in [0.05, 0.1) is 5.69 Å². The molecule has 0 spiro atoms. The van der Waals surface area contributed by atoms with E-state index in [1.54, 1.807) is 29.2 Å². The number of rotatable bonds is 6. The molecule has 4 rings (SSSR count). The maximum absolute atomic E-state index is 13.2. The number of thioether (sulfide) groups is 1. The normalized spacial score (nSPS) is 17.1. The lowest BCUT2D eigenvalue weighted by molar-refractivity contribution is -0.129. The Morgan fingerprint density at radius 3 is 2.53 bits per heavy atom. The molecular weight excluding hydrogens is 466 g/mol. The van der Waals surface area contributed by atoms with Crippen molar-refractivity contribution in [3.63, 3.8) is 0 Å². The highest BCUT2D eigenvalue weighted by atomic mass is 35.5. The Morgan fingerprint density at radius 2 is 1.82 bits per heavy atom. The van der Waals surface area contributed by atoms with Gasteiger partial charge in [-0.05, 0) is 61.7 Å². The summed E-state index contributed by atoms with van der Waals surface area (Å²) < 4.78 is 0. The SMILES string of the molecule is Cc1ccc(NC(=O)C2CC(=O)N(CCc3ccccc3)C(=Nc3ccc(Cl)cc3)S2)c(C)c1. The van der Waals surface area contributed by atoms with Crippen molar-refractivity contribution in [2.24, 2.45) is 4.99 Å². The molecule has 174 valence electrons. The van der Waals surface area contributed by atoms with Gasteiger partial charge in [-0.2, -0.15) is 0 Å². The number of hydrogen-bond donors (Lipinski definition) is 1. The van der Waals surface area contributed by atoms with Crippen LogP contribution < -0.4 is 5.32 Å². The number of nitrogens with one attached hydrogen (secondary N) is 1. The van der Waals surface area contributed by atoms with E-state index in [4.69, 9.17) is 16.6 Å². The molecule has 1 aliphatic rings. The Labute approximate surface area is 209 Å². The van der Waals surface area contributed by atoms with Crippen LogP contribution in [0.15, 0.2) is 77.8 Å². The van der Waals surface area contributed by atoms with Gasteiger partial charge < -0.3 is 5.32 Å². The van der Waals surface area contributed by atoms with Gasteiger partial charge in [0.1, 0.15) is 5.25 Å². The molecule has 5 nitrogen and oxygen atoms in total. The molecule has 1 heterocycles. The molecule has 3 aromatic rings. The van der Waals surface area contributed by atoms with Gasteiger partial charge in [-0.1, -0.05) is 71.4 Å². The zero-order valence-electron chi connectivity index (χ0n) is 19.1. The van der Waals surface area contributed by atoms with Crippen molar-refractivity contribution >= 4 is 51.7 Å². The van der Waals surface area contributed by atoms with E-state index in [0.29, 0.717) is 28.8 Å². The maximum Gasteiger partial charge on any atom is 0.238 e. The highest BCUT2D eigenvalue weighted by Crippen LogP contribution is 2.31. The second kappa shape index (κ2) is 10.9. The van der Waals surface area contributed by atoms with Crippen LogP contribution in [-0.4, -0.2) is 33.7 Å². The van der Waals surface area contributed by atoms with Gasteiger partial charge in [0.2, 0.25) is 11.8 Å². The number of aryl methyl sites for hydroxylation is 2. The average molecular weight is 492 g/mol. The average Bonchev–Trinajstić information content (AvgIpc) is 2.82. The predicted octanol–water partition coefficient (Wildman–Crippen LogP) is 6.16. The minimum Gasteiger partial charge on any atom is -0.325 e. The molecule has 34 heavy (non-hydrogen) atoms.